The lowest BCUT2D eigenvalue weighted by Gasteiger charge is -2.24. The average Bonchev–Trinajstić information content (AvgIpc) is 2.91. The SMILES string of the molecule is Cc1ccccc1N1C[C@H](C(=O)NC2CCCCC2)CC1=O. The number of carbonyl (C=O) groups excluding carboxylic acids is 2. The average molecular weight is 300 g/mol. The molecule has 1 saturated carbocycles. The highest BCUT2D eigenvalue weighted by Crippen LogP contribution is 2.28. The first-order chi connectivity index (χ1) is 10.6. The molecule has 1 saturated heterocycles. The van der Waals surface area contributed by atoms with E-state index in [1.165, 1.54) is 19.3 Å². The molecule has 0 bridgehead atoms. The molecule has 3 rings (SSSR count). The van der Waals surface area contributed by atoms with Gasteiger partial charge in [-0.1, -0.05) is 37.5 Å². The molecule has 2 amide bonds. The van der Waals surface area contributed by atoms with Crippen molar-refractivity contribution in [2.45, 2.75) is 51.5 Å². The van der Waals surface area contributed by atoms with Crippen LogP contribution in [-0.2, 0) is 9.59 Å². The molecule has 1 aromatic carbocycles. The van der Waals surface area contributed by atoms with Crippen molar-refractivity contribution in [2.75, 3.05) is 11.4 Å². The van der Waals surface area contributed by atoms with Crippen molar-refractivity contribution in [3.05, 3.63) is 29.8 Å². The Kier molecular flexibility index (Phi) is 4.46. The van der Waals surface area contributed by atoms with Crippen LogP contribution in [0.25, 0.3) is 0 Å². The number of rotatable bonds is 3. The van der Waals surface area contributed by atoms with Crippen molar-refractivity contribution in [1.82, 2.24) is 5.32 Å². The Morgan fingerprint density at radius 3 is 2.64 bits per heavy atom. The Balaban J connectivity index is 1.64. The van der Waals surface area contributed by atoms with Crippen molar-refractivity contribution < 1.29 is 9.59 Å². The molecule has 2 fully saturated rings. The maximum atomic E-state index is 12.4. The Hall–Kier alpha value is -1.84. The number of para-hydroxylation sites is 1. The third-order valence-electron chi connectivity index (χ3n) is 4.85. The highest BCUT2D eigenvalue weighted by atomic mass is 16.2. The maximum absolute atomic E-state index is 12.4. The molecule has 4 nitrogen and oxygen atoms in total. The van der Waals surface area contributed by atoms with Crippen LogP contribution in [0.5, 0.6) is 0 Å². The molecule has 4 heteroatoms. The van der Waals surface area contributed by atoms with Gasteiger partial charge >= 0.3 is 0 Å². The first-order valence-electron chi connectivity index (χ1n) is 8.31. The molecule has 0 unspecified atom stereocenters. The Morgan fingerprint density at radius 2 is 1.91 bits per heavy atom. The fraction of sp³-hybridized carbons (Fsp3) is 0.556. The summed E-state index contributed by atoms with van der Waals surface area (Å²) in [6.07, 6.45) is 6.15. The molecule has 118 valence electrons. The van der Waals surface area contributed by atoms with Crippen molar-refractivity contribution >= 4 is 17.5 Å². The molecule has 1 atom stereocenters. The number of hydrogen-bond donors (Lipinski definition) is 1. The van der Waals surface area contributed by atoms with Gasteiger partial charge in [-0.2, -0.15) is 0 Å². The van der Waals surface area contributed by atoms with E-state index in [0.717, 1.165) is 24.1 Å². The lowest BCUT2D eigenvalue weighted by Crippen LogP contribution is -2.40. The minimum atomic E-state index is -0.214. The van der Waals surface area contributed by atoms with Crippen molar-refractivity contribution in [3.8, 4) is 0 Å². The summed E-state index contributed by atoms with van der Waals surface area (Å²) in [6, 6.07) is 8.16. The van der Waals surface area contributed by atoms with E-state index >= 15 is 0 Å². The van der Waals surface area contributed by atoms with Crippen LogP contribution in [0, 0.1) is 12.8 Å². The largest absolute Gasteiger partial charge is 0.353 e. The summed E-state index contributed by atoms with van der Waals surface area (Å²) in [7, 11) is 0. The number of hydrogen-bond acceptors (Lipinski definition) is 2. The van der Waals surface area contributed by atoms with Gasteiger partial charge in [0.2, 0.25) is 11.8 Å². The van der Waals surface area contributed by atoms with Gasteiger partial charge in [0.05, 0.1) is 5.92 Å². The minimum Gasteiger partial charge on any atom is -0.353 e. The second-order valence-corrected chi connectivity index (χ2v) is 6.54. The smallest absolute Gasteiger partial charge is 0.227 e. The van der Waals surface area contributed by atoms with Crippen LogP contribution in [-0.4, -0.2) is 24.4 Å². The standard InChI is InChI=1S/C18H24N2O2/c1-13-7-5-6-10-16(13)20-12-14(11-17(20)21)18(22)19-15-8-3-2-4-9-15/h5-7,10,14-15H,2-4,8-9,11-12H2,1H3,(H,19,22)/t14-/m1/s1. The number of amides is 2. The summed E-state index contributed by atoms with van der Waals surface area (Å²) < 4.78 is 0. The number of aryl methyl sites for hydroxylation is 1. The molecule has 1 aliphatic carbocycles. The zero-order valence-corrected chi connectivity index (χ0v) is 13.2. The molecule has 2 aliphatic rings. The quantitative estimate of drug-likeness (QED) is 0.933. The van der Waals surface area contributed by atoms with Crippen molar-refractivity contribution in [3.63, 3.8) is 0 Å². The first-order valence-corrected chi connectivity index (χ1v) is 8.31. The van der Waals surface area contributed by atoms with Gasteiger partial charge in [0.15, 0.2) is 0 Å². The van der Waals surface area contributed by atoms with Crippen LogP contribution in [0.15, 0.2) is 24.3 Å². The summed E-state index contributed by atoms with van der Waals surface area (Å²) in [5.41, 5.74) is 2.00. The van der Waals surface area contributed by atoms with Gasteiger partial charge < -0.3 is 10.2 Å². The third kappa shape index (κ3) is 3.16. The third-order valence-corrected chi connectivity index (χ3v) is 4.85. The van der Waals surface area contributed by atoms with Crippen LogP contribution in [0.2, 0.25) is 0 Å². The lowest BCUT2D eigenvalue weighted by molar-refractivity contribution is -0.127. The van der Waals surface area contributed by atoms with E-state index in [9.17, 15) is 9.59 Å². The highest BCUT2D eigenvalue weighted by Gasteiger charge is 2.36. The van der Waals surface area contributed by atoms with Crippen LogP contribution in [0.3, 0.4) is 0 Å². The van der Waals surface area contributed by atoms with Gasteiger partial charge in [-0.25, -0.2) is 0 Å². The maximum Gasteiger partial charge on any atom is 0.227 e. The van der Waals surface area contributed by atoms with Crippen LogP contribution in [0.4, 0.5) is 5.69 Å². The fourth-order valence-electron chi connectivity index (χ4n) is 3.55. The van der Waals surface area contributed by atoms with E-state index in [1.54, 1.807) is 4.90 Å². The van der Waals surface area contributed by atoms with Crippen LogP contribution >= 0.6 is 0 Å². The monoisotopic (exact) mass is 300 g/mol. The van der Waals surface area contributed by atoms with Crippen molar-refractivity contribution in [1.29, 1.82) is 0 Å². The number of nitrogens with zero attached hydrogens (tertiary/aromatic N) is 1. The Labute approximate surface area is 131 Å². The number of anilines is 1. The summed E-state index contributed by atoms with van der Waals surface area (Å²) >= 11 is 0. The normalized spacial score (nSPS) is 22.9. The molecule has 1 aliphatic heterocycles. The zero-order valence-electron chi connectivity index (χ0n) is 13.2. The van der Waals surface area contributed by atoms with Gasteiger partial charge in [-0.05, 0) is 31.4 Å². The molecule has 0 spiro atoms. The minimum absolute atomic E-state index is 0.0522. The van der Waals surface area contributed by atoms with Gasteiger partial charge in [-0.15, -0.1) is 0 Å². The Bertz CT molecular complexity index is 564. The second-order valence-electron chi connectivity index (χ2n) is 6.54. The van der Waals surface area contributed by atoms with E-state index in [4.69, 9.17) is 0 Å². The fourth-order valence-corrected chi connectivity index (χ4v) is 3.55. The van der Waals surface area contributed by atoms with E-state index in [2.05, 4.69) is 5.32 Å². The molecule has 1 heterocycles. The number of benzene rings is 1. The van der Waals surface area contributed by atoms with E-state index in [1.807, 2.05) is 31.2 Å². The van der Waals surface area contributed by atoms with Crippen LogP contribution in [0.1, 0.15) is 44.1 Å². The molecule has 1 aromatic rings. The van der Waals surface area contributed by atoms with E-state index in [0.29, 0.717) is 19.0 Å². The molecule has 0 radical (unpaired) electrons. The van der Waals surface area contributed by atoms with Gasteiger partial charge in [0.1, 0.15) is 0 Å². The summed E-state index contributed by atoms with van der Waals surface area (Å²) in [5, 5.41) is 3.15. The number of carbonyl (C=O) groups is 2. The number of nitrogens with one attached hydrogen (secondary N) is 1. The second kappa shape index (κ2) is 6.51. The molecular formula is C18H24N2O2. The predicted molar refractivity (Wildman–Crippen MR) is 86.7 cm³/mol. The lowest BCUT2D eigenvalue weighted by atomic mass is 9.95. The summed E-state index contributed by atoms with van der Waals surface area (Å²) in [5.74, 6) is -0.108. The van der Waals surface area contributed by atoms with E-state index in [-0.39, 0.29) is 17.7 Å². The predicted octanol–water partition coefficient (Wildman–Crippen LogP) is 2.80. The topological polar surface area (TPSA) is 49.4 Å². The van der Waals surface area contributed by atoms with Crippen molar-refractivity contribution in [2.24, 2.45) is 5.92 Å². The zero-order chi connectivity index (χ0) is 15.5. The molecule has 0 aromatic heterocycles. The first kappa shape index (κ1) is 15.1. The van der Waals surface area contributed by atoms with E-state index < -0.39 is 0 Å². The Morgan fingerprint density at radius 1 is 1.18 bits per heavy atom. The summed E-state index contributed by atoms with van der Waals surface area (Å²) in [6.45, 7) is 2.50. The molecule has 1 N–H and O–H groups in total. The molecule has 22 heavy (non-hydrogen) atoms. The van der Waals surface area contributed by atoms with Gasteiger partial charge in [-0.3, -0.25) is 9.59 Å². The van der Waals surface area contributed by atoms with Gasteiger partial charge in [0.25, 0.3) is 0 Å². The molecular weight excluding hydrogens is 276 g/mol. The van der Waals surface area contributed by atoms with Crippen LogP contribution < -0.4 is 10.2 Å². The summed E-state index contributed by atoms with van der Waals surface area (Å²) in [4.78, 5) is 26.5. The highest BCUT2D eigenvalue weighted by molar-refractivity contribution is 6.00. The van der Waals surface area contributed by atoms with Gasteiger partial charge in [0, 0.05) is 24.7 Å².